The molecule has 1 aliphatic heterocycles. The Morgan fingerprint density at radius 3 is 2.78 bits per heavy atom. The Balaban J connectivity index is 2.04. The number of benzene rings is 1. The number of hydrogen-bond acceptors (Lipinski definition) is 4. The number of aromatic amines is 1. The van der Waals surface area contributed by atoms with Crippen molar-refractivity contribution in [3.8, 4) is 0 Å². The molecule has 0 spiro atoms. The van der Waals surface area contributed by atoms with Crippen molar-refractivity contribution in [3.05, 3.63) is 41.2 Å². The third-order valence-corrected chi connectivity index (χ3v) is 6.03. The lowest BCUT2D eigenvalue weighted by molar-refractivity contribution is 0.246. The Morgan fingerprint density at radius 2 is 2.09 bits per heavy atom. The number of piperidine rings is 1. The molecule has 0 bridgehead atoms. The number of H-pyrrole nitrogens is 1. The molecule has 1 fully saturated rings. The minimum atomic E-state index is -3.94. The summed E-state index contributed by atoms with van der Waals surface area (Å²) in [7, 11) is -3.94. The molecule has 1 aromatic heterocycles. The minimum Gasteiger partial charge on any atom is -0.263 e. The molecule has 6 nitrogen and oxygen atoms in total. The average Bonchev–Trinajstić information content (AvgIpc) is 2.96. The zero-order chi connectivity index (χ0) is 16.6. The third kappa shape index (κ3) is 2.88. The topological polar surface area (TPSA) is 79.0 Å². The van der Waals surface area contributed by atoms with E-state index in [2.05, 4.69) is 15.2 Å². The maximum absolute atomic E-state index is 14.3. The Morgan fingerprint density at radius 1 is 1.30 bits per heavy atom. The lowest BCUT2D eigenvalue weighted by Crippen LogP contribution is -2.39. The molecule has 1 atom stereocenters. The minimum absolute atomic E-state index is 0.281. The Kier molecular flexibility index (Phi) is 4.20. The van der Waals surface area contributed by atoms with Gasteiger partial charge in [0, 0.05) is 6.54 Å². The second kappa shape index (κ2) is 6.01. The van der Waals surface area contributed by atoms with E-state index in [9.17, 15) is 12.8 Å². The van der Waals surface area contributed by atoms with Crippen molar-refractivity contribution in [2.75, 3.05) is 6.54 Å². The van der Waals surface area contributed by atoms with Crippen LogP contribution in [0.15, 0.2) is 23.1 Å². The molecule has 0 amide bonds. The fourth-order valence-corrected chi connectivity index (χ4v) is 4.70. The fraction of sp³-hybridized carbons (Fsp3) is 0.467. The second-order valence-corrected chi connectivity index (χ2v) is 7.65. The summed E-state index contributed by atoms with van der Waals surface area (Å²) in [5, 5.41) is 6.84. The largest absolute Gasteiger partial charge is 0.263 e. The van der Waals surface area contributed by atoms with Gasteiger partial charge in [-0.3, -0.25) is 5.10 Å². The van der Waals surface area contributed by atoms with Crippen LogP contribution in [0.3, 0.4) is 0 Å². The van der Waals surface area contributed by atoms with Crippen LogP contribution < -0.4 is 0 Å². The summed E-state index contributed by atoms with van der Waals surface area (Å²) in [6.07, 6.45) is 2.26. The van der Waals surface area contributed by atoms with E-state index < -0.39 is 21.9 Å². The quantitative estimate of drug-likeness (QED) is 0.932. The van der Waals surface area contributed by atoms with Gasteiger partial charge in [0.2, 0.25) is 10.0 Å². The van der Waals surface area contributed by atoms with Gasteiger partial charge < -0.3 is 0 Å². The molecule has 8 heteroatoms. The average molecular weight is 338 g/mol. The van der Waals surface area contributed by atoms with Crippen molar-refractivity contribution < 1.29 is 12.8 Å². The molecule has 1 N–H and O–H groups in total. The molecule has 0 radical (unpaired) electrons. The van der Waals surface area contributed by atoms with Crippen molar-refractivity contribution in [3.63, 3.8) is 0 Å². The second-order valence-electron chi connectivity index (χ2n) is 5.79. The molecule has 23 heavy (non-hydrogen) atoms. The van der Waals surface area contributed by atoms with E-state index in [-0.39, 0.29) is 4.90 Å². The Labute approximate surface area is 134 Å². The van der Waals surface area contributed by atoms with Crippen LogP contribution in [0.25, 0.3) is 0 Å². The van der Waals surface area contributed by atoms with E-state index in [0.717, 1.165) is 12.8 Å². The van der Waals surface area contributed by atoms with Crippen LogP contribution in [-0.4, -0.2) is 34.4 Å². The molecule has 0 aliphatic carbocycles. The Bertz CT molecular complexity index is 819. The summed E-state index contributed by atoms with van der Waals surface area (Å²) in [6.45, 7) is 3.66. The van der Waals surface area contributed by atoms with E-state index in [4.69, 9.17) is 0 Å². The molecular formula is C15H19FN4O2S. The number of nitrogens with zero attached hydrogens (tertiary/aromatic N) is 3. The van der Waals surface area contributed by atoms with Crippen LogP contribution in [0.1, 0.15) is 42.5 Å². The highest BCUT2D eigenvalue weighted by Gasteiger charge is 2.37. The van der Waals surface area contributed by atoms with Crippen molar-refractivity contribution in [2.24, 2.45) is 0 Å². The first-order valence-corrected chi connectivity index (χ1v) is 9.01. The zero-order valence-electron chi connectivity index (χ0n) is 13.1. The molecule has 124 valence electrons. The van der Waals surface area contributed by atoms with Gasteiger partial charge in [0.05, 0.1) is 6.04 Å². The van der Waals surface area contributed by atoms with Gasteiger partial charge in [-0.05, 0) is 38.3 Å². The van der Waals surface area contributed by atoms with Gasteiger partial charge >= 0.3 is 0 Å². The number of rotatable bonds is 3. The molecular weight excluding hydrogens is 319 g/mol. The summed E-state index contributed by atoms with van der Waals surface area (Å²) in [4.78, 5) is 3.98. The molecule has 1 unspecified atom stereocenters. The van der Waals surface area contributed by atoms with Crippen molar-refractivity contribution in [1.82, 2.24) is 19.5 Å². The maximum atomic E-state index is 14.3. The van der Waals surface area contributed by atoms with Crippen LogP contribution in [0.5, 0.6) is 0 Å². The van der Waals surface area contributed by atoms with Crippen LogP contribution in [0.2, 0.25) is 0 Å². The fourth-order valence-electron chi connectivity index (χ4n) is 2.91. The Hall–Kier alpha value is -1.80. The van der Waals surface area contributed by atoms with E-state index in [1.165, 1.54) is 10.4 Å². The molecule has 2 heterocycles. The van der Waals surface area contributed by atoms with Gasteiger partial charge in [-0.25, -0.2) is 17.8 Å². The highest BCUT2D eigenvalue weighted by Crippen LogP contribution is 2.34. The molecule has 0 saturated carbocycles. The van der Waals surface area contributed by atoms with Gasteiger partial charge in [0.25, 0.3) is 0 Å². The number of halogens is 1. The van der Waals surface area contributed by atoms with Crippen molar-refractivity contribution >= 4 is 10.0 Å². The third-order valence-electron chi connectivity index (χ3n) is 4.11. The first-order valence-electron chi connectivity index (χ1n) is 7.57. The lowest BCUT2D eigenvalue weighted by Gasteiger charge is -2.33. The first-order chi connectivity index (χ1) is 10.9. The monoisotopic (exact) mass is 338 g/mol. The molecule has 1 aromatic carbocycles. The standard InChI is InChI=1S/C15H19FN4O2S/c1-10-6-5-8-13(14(10)16)23(21,22)20-9-4-3-7-12(20)15-17-11(2)18-19-15/h5-6,8,12H,3-4,7,9H2,1-2H3,(H,17,18,19). The smallest absolute Gasteiger partial charge is 0.246 e. The van der Waals surface area contributed by atoms with Crippen LogP contribution in [-0.2, 0) is 10.0 Å². The first kappa shape index (κ1) is 16.1. The van der Waals surface area contributed by atoms with Crippen LogP contribution >= 0.6 is 0 Å². The van der Waals surface area contributed by atoms with Crippen molar-refractivity contribution in [2.45, 2.75) is 44.0 Å². The van der Waals surface area contributed by atoms with E-state index in [1.54, 1.807) is 26.0 Å². The van der Waals surface area contributed by atoms with Gasteiger partial charge in [-0.1, -0.05) is 18.6 Å². The predicted octanol–water partition coefficient (Wildman–Crippen LogP) is 2.48. The number of sulfonamides is 1. The zero-order valence-corrected chi connectivity index (χ0v) is 13.9. The van der Waals surface area contributed by atoms with E-state index >= 15 is 0 Å². The van der Waals surface area contributed by atoms with Gasteiger partial charge in [0.1, 0.15) is 16.5 Å². The lowest BCUT2D eigenvalue weighted by atomic mass is 10.0. The summed E-state index contributed by atoms with van der Waals surface area (Å²) in [5.74, 6) is 0.381. The van der Waals surface area contributed by atoms with Gasteiger partial charge in [-0.15, -0.1) is 0 Å². The summed E-state index contributed by atoms with van der Waals surface area (Å²) in [6, 6.07) is 3.97. The SMILES string of the molecule is Cc1nc(C2CCCCN2S(=O)(=O)c2cccc(C)c2F)n[nH]1. The molecule has 1 saturated heterocycles. The van der Waals surface area contributed by atoms with Crippen LogP contribution in [0, 0.1) is 19.7 Å². The number of aryl methyl sites for hydroxylation is 2. The molecule has 2 aromatic rings. The number of nitrogens with one attached hydrogen (secondary N) is 1. The van der Waals surface area contributed by atoms with Gasteiger partial charge in [0.15, 0.2) is 5.82 Å². The number of aromatic nitrogens is 3. The highest BCUT2D eigenvalue weighted by atomic mass is 32.2. The van der Waals surface area contributed by atoms with E-state index in [1.807, 2.05) is 0 Å². The van der Waals surface area contributed by atoms with Crippen molar-refractivity contribution in [1.29, 1.82) is 0 Å². The molecule has 3 rings (SSSR count). The predicted molar refractivity (Wildman–Crippen MR) is 82.7 cm³/mol. The normalized spacial score (nSPS) is 19.9. The summed E-state index contributed by atoms with van der Waals surface area (Å²) in [5.41, 5.74) is 0.313. The van der Waals surface area contributed by atoms with Gasteiger partial charge in [-0.2, -0.15) is 9.40 Å². The summed E-state index contributed by atoms with van der Waals surface area (Å²) < 4.78 is 41.6. The maximum Gasteiger partial charge on any atom is 0.246 e. The number of hydrogen-bond donors (Lipinski definition) is 1. The van der Waals surface area contributed by atoms with E-state index in [0.29, 0.717) is 30.2 Å². The molecule has 1 aliphatic rings. The van der Waals surface area contributed by atoms with Crippen LogP contribution in [0.4, 0.5) is 4.39 Å². The highest BCUT2D eigenvalue weighted by molar-refractivity contribution is 7.89. The summed E-state index contributed by atoms with van der Waals surface area (Å²) >= 11 is 0.